The zero-order chi connectivity index (χ0) is 27.4. The summed E-state index contributed by atoms with van der Waals surface area (Å²) in [5.74, 6) is -0.729. The molecule has 196 valence electrons. The first-order valence-electron chi connectivity index (χ1n) is 12.0. The summed E-state index contributed by atoms with van der Waals surface area (Å²) in [6.45, 7) is 6.55. The molecule has 0 bridgehead atoms. The first kappa shape index (κ1) is 26.2. The molecule has 5 rings (SSSR count). The van der Waals surface area contributed by atoms with Crippen molar-refractivity contribution in [1.82, 2.24) is 14.4 Å². The summed E-state index contributed by atoms with van der Waals surface area (Å²) in [4.78, 5) is 22.6. The molecule has 0 saturated heterocycles. The summed E-state index contributed by atoms with van der Waals surface area (Å²) in [6, 6.07) is 11.4. The Morgan fingerprint density at radius 3 is 2.55 bits per heavy atom. The fraction of sp³-hybridized carbons (Fsp3) is 0.333. The number of benzene rings is 1. The normalized spacial score (nSPS) is 15.8. The molecule has 3 aromatic heterocycles. The number of imidazole rings is 1. The molecule has 0 aliphatic heterocycles. The van der Waals surface area contributed by atoms with Crippen LogP contribution in [0, 0.1) is 22.7 Å². The maximum atomic E-state index is 14.0. The van der Waals surface area contributed by atoms with Gasteiger partial charge in [-0.05, 0) is 42.2 Å². The number of nitriles is 1. The lowest BCUT2D eigenvalue weighted by Gasteiger charge is -2.33. The van der Waals surface area contributed by atoms with Gasteiger partial charge in [0.15, 0.2) is 5.69 Å². The van der Waals surface area contributed by atoms with Gasteiger partial charge in [0, 0.05) is 10.4 Å². The van der Waals surface area contributed by atoms with Crippen LogP contribution in [0.25, 0.3) is 17.0 Å². The number of thiophene rings is 1. The SMILES string of the molecule is CC(C)(C)[C@@H]1CCc2c(sc(NC(=O)c3nc4nc(-c5ccccc5)cc(C(F)(F)F)n4c3Cl)c2C#N)C1. The summed E-state index contributed by atoms with van der Waals surface area (Å²) in [5.41, 5.74) is 0.401. The van der Waals surface area contributed by atoms with Crippen molar-refractivity contribution in [3.63, 3.8) is 0 Å². The van der Waals surface area contributed by atoms with E-state index in [1.807, 2.05) is 0 Å². The number of anilines is 1. The number of fused-ring (bicyclic) bond motifs is 2. The van der Waals surface area contributed by atoms with Crippen molar-refractivity contribution in [2.24, 2.45) is 11.3 Å². The number of aromatic nitrogens is 3. The molecular formula is C27H23ClF3N5OS. The van der Waals surface area contributed by atoms with Gasteiger partial charge in [0.25, 0.3) is 5.91 Å². The lowest BCUT2D eigenvalue weighted by Crippen LogP contribution is -2.26. The molecule has 0 spiro atoms. The van der Waals surface area contributed by atoms with Gasteiger partial charge in [-0.25, -0.2) is 9.97 Å². The number of alkyl halides is 3. The van der Waals surface area contributed by atoms with Gasteiger partial charge in [-0.2, -0.15) is 18.4 Å². The fourth-order valence-electron chi connectivity index (χ4n) is 4.82. The van der Waals surface area contributed by atoms with E-state index in [2.05, 4.69) is 42.1 Å². The predicted octanol–water partition coefficient (Wildman–Crippen LogP) is 7.40. The van der Waals surface area contributed by atoms with E-state index in [1.54, 1.807) is 30.3 Å². The van der Waals surface area contributed by atoms with E-state index in [1.165, 1.54) is 11.3 Å². The summed E-state index contributed by atoms with van der Waals surface area (Å²) in [5, 5.41) is 12.4. The highest BCUT2D eigenvalue weighted by Gasteiger charge is 2.37. The van der Waals surface area contributed by atoms with Crippen LogP contribution in [0.1, 0.15) is 59.4 Å². The zero-order valence-electron chi connectivity index (χ0n) is 20.8. The van der Waals surface area contributed by atoms with Gasteiger partial charge in [-0.3, -0.25) is 9.20 Å². The fourth-order valence-corrected chi connectivity index (χ4v) is 6.38. The van der Waals surface area contributed by atoms with Gasteiger partial charge in [0.05, 0.1) is 11.3 Å². The molecule has 3 heterocycles. The number of rotatable bonds is 3. The average Bonchev–Trinajstić information content (AvgIpc) is 3.39. The van der Waals surface area contributed by atoms with E-state index in [0.29, 0.717) is 26.4 Å². The zero-order valence-corrected chi connectivity index (χ0v) is 22.4. The van der Waals surface area contributed by atoms with Crippen molar-refractivity contribution < 1.29 is 18.0 Å². The number of carbonyl (C=O) groups excluding carboxylic acids is 1. The van der Waals surface area contributed by atoms with Crippen LogP contribution in [-0.2, 0) is 19.0 Å². The van der Waals surface area contributed by atoms with Gasteiger partial charge in [0.1, 0.15) is 21.9 Å². The molecule has 0 radical (unpaired) electrons. The highest BCUT2D eigenvalue weighted by atomic mass is 35.5. The molecule has 38 heavy (non-hydrogen) atoms. The van der Waals surface area contributed by atoms with Gasteiger partial charge >= 0.3 is 6.18 Å². The molecule has 6 nitrogen and oxygen atoms in total. The van der Waals surface area contributed by atoms with Crippen LogP contribution in [0.3, 0.4) is 0 Å². The largest absolute Gasteiger partial charge is 0.431 e. The van der Waals surface area contributed by atoms with E-state index < -0.39 is 28.6 Å². The molecule has 1 aliphatic rings. The number of hydrogen-bond donors (Lipinski definition) is 1. The van der Waals surface area contributed by atoms with E-state index in [-0.39, 0.29) is 16.9 Å². The molecular weight excluding hydrogens is 535 g/mol. The van der Waals surface area contributed by atoms with Crippen molar-refractivity contribution in [3.05, 3.63) is 68.9 Å². The number of hydrogen-bond acceptors (Lipinski definition) is 5. The van der Waals surface area contributed by atoms with Gasteiger partial charge in [-0.15, -0.1) is 11.3 Å². The summed E-state index contributed by atoms with van der Waals surface area (Å²) < 4.78 is 42.7. The molecule has 1 amide bonds. The first-order valence-corrected chi connectivity index (χ1v) is 13.2. The molecule has 1 N–H and O–H groups in total. The number of halogens is 4. The third kappa shape index (κ3) is 4.65. The third-order valence-electron chi connectivity index (χ3n) is 6.94. The Labute approximate surface area is 226 Å². The Balaban J connectivity index is 1.54. The third-order valence-corrected chi connectivity index (χ3v) is 8.46. The Hall–Kier alpha value is -3.42. The Kier molecular flexibility index (Phi) is 6.48. The second-order valence-corrected chi connectivity index (χ2v) is 11.8. The van der Waals surface area contributed by atoms with E-state index in [0.717, 1.165) is 35.8 Å². The first-order chi connectivity index (χ1) is 17.9. The maximum Gasteiger partial charge on any atom is 0.431 e. The minimum absolute atomic E-state index is 0.0464. The van der Waals surface area contributed by atoms with Crippen LogP contribution in [0.2, 0.25) is 5.15 Å². The smallest absolute Gasteiger partial charge is 0.311 e. The molecule has 1 aliphatic carbocycles. The highest BCUT2D eigenvalue weighted by molar-refractivity contribution is 7.16. The van der Waals surface area contributed by atoms with E-state index in [4.69, 9.17) is 11.6 Å². The quantitative estimate of drug-likeness (QED) is 0.284. The molecule has 0 unspecified atom stereocenters. The molecule has 4 aromatic rings. The summed E-state index contributed by atoms with van der Waals surface area (Å²) >= 11 is 7.63. The monoisotopic (exact) mass is 557 g/mol. The van der Waals surface area contributed by atoms with E-state index >= 15 is 0 Å². The van der Waals surface area contributed by atoms with Crippen molar-refractivity contribution in [2.75, 3.05) is 5.32 Å². The second-order valence-electron chi connectivity index (χ2n) is 10.4. The van der Waals surface area contributed by atoms with Crippen molar-refractivity contribution in [1.29, 1.82) is 5.26 Å². The predicted molar refractivity (Wildman–Crippen MR) is 140 cm³/mol. The minimum Gasteiger partial charge on any atom is -0.311 e. The lowest BCUT2D eigenvalue weighted by molar-refractivity contribution is -0.142. The lowest BCUT2D eigenvalue weighted by atomic mass is 9.72. The van der Waals surface area contributed by atoms with Crippen molar-refractivity contribution in [3.8, 4) is 17.3 Å². The minimum atomic E-state index is -4.78. The topological polar surface area (TPSA) is 83.1 Å². The Morgan fingerprint density at radius 1 is 1.21 bits per heavy atom. The highest BCUT2D eigenvalue weighted by Crippen LogP contribution is 2.44. The number of nitrogens with zero attached hydrogens (tertiary/aromatic N) is 4. The second kappa shape index (κ2) is 9.40. The molecule has 0 saturated carbocycles. The van der Waals surface area contributed by atoms with E-state index in [9.17, 15) is 23.2 Å². The molecule has 1 aromatic carbocycles. The standard InChI is InChI=1S/C27H23ClF3N5OS/c1-26(2,3)15-9-10-16-17(13-32)24(38-19(16)11-15)35-23(37)21-22(28)36-20(27(29,30)31)12-18(33-25(36)34-21)14-7-5-4-6-8-14/h4-8,12,15H,9-11H2,1-3H3,(H,35,37)/t15-/m1/s1. The number of nitrogens with one attached hydrogen (secondary N) is 1. The number of carbonyl (C=O) groups is 1. The molecule has 11 heteroatoms. The van der Waals surface area contributed by atoms with Crippen LogP contribution in [0.4, 0.5) is 18.2 Å². The molecule has 0 fully saturated rings. The Bertz CT molecular complexity index is 1600. The van der Waals surface area contributed by atoms with Crippen LogP contribution in [-0.4, -0.2) is 20.3 Å². The Morgan fingerprint density at radius 2 is 1.92 bits per heavy atom. The molecule has 1 atom stereocenters. The van der Waals surface area contributed by atoms with Crippen LogP contribution >= 0.6 is 22.9 Å². The van der Waals surface area contributed by atoms with Crippen molar-refractivity contribution in [2.45, 2.75) is 46.2 Å². The summed E-state index contributed by atoms with van der Waals surface area (Å²) in [7, 11) is 0. The summed E-state index contributed by atoms with van der Waals surface area (Å²) in [6.07, 6.45) is -2.33. The average molecular weight is 558 g/mol. The van der Waals surface area contributed by atoms with Crippen LogP contribution < -0.4 is 5.32 Å². The van der Waals surface area contributed by atoms with Gasteiger partial charge in [0.2, 0.25) is 5.78 Å². The van der Waals surface area contributed by atoms with Crippen LogP contribution in [0.5, 0.6) is 0 Å². The van der Waals surface area contributed by atoms with Crippen molar-refractivity contribution >= 4 is 39.6 Å². The maximum absolute atomic E-state index is 14.0. The van der Waals surface area contributed by atoms with Crippen LogP contribution in [0.15, 0.2) is 36.4 Å². The van der Waals surface area contributed by atoms with Gasteiger partial charge < -0.3 is 5.32 Å². The number of amides is 1. The van der Waals surface area contributed by atoms with Gasteiger partial charge in [-0.1, -0.05) is 62.7 Å².